The Morgan fingerprint density at radius 3 is 2.53 bits per heavy atom. The van der Waals surface area contributed by atoms with Gasteiger partial charge >= 0.3 is 18.1 Å². The summed E-state index contributed by atoms with van der Waals surface area (Å²) in [5.74, 6) is -1.57. The van der Waals surface area contributed by atoms with E-state index in [0.29, 0.717) is 0 Å². The number of aryl methyl sites for hydroxylation is 1. The number of aromatic nitrogens is 3. The van der Waals surface area contributed by atoms with Crippen LogP contribution in [0.15, 0.2) is 22.7 Å². The smallest absolute Gasteiger partial charge is 0.422 e. The van der Waals surface area contributed by atoms with Gasteiger partial charge in [0, 0.05) is 12.3 Å². The van der Waals surface area contributed by atoms with Crippen molar-refractivity contribution in [1.29, 1.82) is 0 Å². The maximum absolute atomic E-state index is 12.2. The van der Waals surface area contributed by atoms with Crippen molar-refractivity contribution in [3.05, 3.63) is 41.0 Å². The highest BCUT2D eigenvalue weighted by atomic mass is 19.4. The van der Waals surface area contributed by atoms with Crippen molar-refractivity contribution >= 4 is 28.9 Å². The molecule has 13 heteroatoms. The number of pyridine rings is 1. The average Bonchev–Trinajstić information content (AvgIpc) is 3.07. The fraction of sp³-hybridized carbons (Fsp3) is 0.316. The molecule has 0 radical (unpaired) electrons. The number of halogens is 3. The van der Waals surface area contributed by atoms with E-state index in [1.807, 2.05) is 0 Å². The number of alkyl halides is 3. The van der Waals surface area contributed by atoms with Gasteiger partial charge in [-0.15, -0.1) is 0 Å². The number of nitrogens with two attached hydrogens (primary N) is 1. The summed E-state index contributed by atoms with van der Waals surface area (Å²) < 4.78 is 56.5. The number of anilines is 1. The van der Waals surface area contributed by atoms with Crippen molar-refractivity contribution < 1.29 is 41.4 Å². The lowest BCUT2D eigenvalue weighted by atomic mass is 10.2. The van der Waals surface area contributed by atoms with Crippen LogP contribution in [0.3, 0.4) is 0 Å². The summed E-state index contributed by atoms with van der Waals surface area (Å²) >= 11 is 0. The molecule has 0 saturated carbocycles. The van der Waals surface area contributed by atoms with Crippen LogP contribution in [0.5, 0.6) is 5.88 Å². The highest BCUT2D eigenvalue weighted by Gasteiger charge is 2.28. The molecule has 0 saturated heterocycles. The first-order valence-electron chi connectivity index (χ1n) is 9.14. The largest absolute Gasteiger partial charge is 0.468 e. The lowest BCUT2D eigenvalue weighted by Gasteiger charge is -2.08. The molecule has 3 aromatic heterocycles. The molecule has 0 bridgehead atoms. The van der Waals surface area contributed by atoms with E-state index < -0.39 is 24.7 Å². The Bertz CT molecular complexity index is 1140. The zero-order valence-electron chi connectivity index (χ0n) is 16.9. The van der Waals surface area contributed by atoms with E-state index in [1.165, 1.54) is 6.07 Å². The molecule has 0 atom stereocenters. The summed E-state index contributed by atoms with van der Waals surface area (Å²) in [7, 11) is 0. The first-order chi connectivity index (χ1) is 15.1. The number of esters is 2. The Morgan fingerprint density at radius 1 is 1.16 bits per heavy atom. The number of carbonyl (C=O) groups is 2. The van der Waals surface area contributed by atoms with Crippen LogP contribution in [0, 0.1) is 6.92 Å². The van der Waals surface area contributed by atoms with E-state index in [9.17, 15) is 22.8 Å². The van der Waals surface area contributed by atoms with Crippen LogP contribution >= 0.6 is 0 Å². The summed E-state index contributed by atoms with van der Waals surface area (Å²) in [5.41, 5.74) is 6.04. The van der Waals surface area contributed by atoms with Gasteiger partial charge in [-0.25, -0.2) is 19.6 Å². The standard InChI is InChI=1S/C19H17F3N4O6/c1-3-29-18(28)13-9(2)32-16-14(13)15(23)25-11(26-16)7-30-17(27)10-4-5-12(24-6-10)31-8-19(20,21)22/h4-6H,3,7-8H2,1-2H3,(H2,23,25,26). The van der Waals surface area contributed by atoms with Crippen molar-refractivity contribution in [3.8, 4) is 5.88 Å². The highest BCUT2D eigenvalue weighted by molar-refractivity contribution is 6.07. The Hall–Kier alpha value is -3.90. The minimum atomic E-state index is -4.51. The number of ether oxygens (including phenoxy) is 3. The Labute approximate surface area is 178 Å². The number of nitrogen functional groups attached to an aromatic ring is 1. The Kier molecular flexibility index (Phi) is 6.46. The van der Waals surface area contributed by atoms with Gasteiger partial charge in [-0.1, -0.05) is 0 Å². The first-order valence-corrected chi connectivity index (χ1v) is 9.14. The van der Waals surface area contributed by atoms with E-state index in [1.54, 1.807) is 13.8 Å². The van der Waals surface area contributed by atoms with Crippen LogP contribution in [0.25, 0.3) is 11.1 Å². The lowest BCUT2D eigenvalue weighted by Crippen LogP contribution is -2.19. The molecule has 170 valence electrons. The van der Waals surface area contributed by atoms with E-state index in [0.717, 1.165) is 12.3 Å². The third kappa shape index (κ3) is 5.22. The second kappa shape index (κ2) is 9.08. The number of fused-ring (bicyclic) bond motifs is 1. The minimum absolute atomic E-state index is 0.00518. The highest BCUT2D eigenvalue weighted by Crippen LogP contribution is 2.29. The summed E-state index contributed by atoms with van der Waals surface area (Å²) in [6, 6.07) is 2.30. The summed E-state index contributed by atoms with van der Waals surface area (Å²) in [6.07, 6.45) is -3.50. The molecule has 32 heavy (non-hydrogen) atoms. The molecule has 0 fully saturated rings. The van der Waals surface area contributed by atoms with Gasteiger partial charge in [0.25, 0.3) is 0 Å². The van der Waals surface area contributed by atoms with Crippen LogP contribution in [-0.4, -0.2) is 46.3 Å². The monoisotopic (exact) mass is 454 g/mol. The maximum atomic E-state index is 12.2. The molecule has 3 heterocycles. The molecule has 10 nitrogen and oxygen atoms in total. The molecular formula is C19H17F3N4O6. The van der Waals surface area contributed by atoms with Crippen LogP contribution < -0.4 is 10.5 Å². The number of furan rings is 1. The van der Waals surface area contributed by atoms with Gasteiger partial charge in [-0.3, -0.25) is 0 Å². The zero-order chi connectivity index (χ0) is 23.5. The fourth-order valence-electron chi connectivity index (χ4n) is 2.65. The minimum Gasteiger partial charge on any atom is -0.468 e. The first kappa shape index (κ1) is 22.8. The van der Waals surface area contributed by atoms with Gasteiger partial charge in [0.1, 0.15) is 17.1 Å². The molecule has 0 amide bonds. The summed E-state index contributed by atoms with van der Waals surface area (Å²) in [4.78, 5) is 36.0. The van der Waals surface area contributed by atoms with Gasteiger partial charge < -0.3 is 24.4 Å². The predicted molar refractivity (Wildman–Crippen MR) is 102 cm³/mol. The number of rotatable bonds is 7. The van der Waals surface area contributed by atoms with Crippen molar-refractivity contribution in [1.82, 2.24) is 15.0 Å². The molecule has 0 aliphatic carbocycles. The average molecular weight is 454 g/mol. The third-order valence-electron chi connectivity index (χ3n) is 3.97. The molecule has 3 rings (SSSR count). The second-order valence-corrected chi connectivity index (χ2v) is 6.32. The second-order valence-electron chi connectivity index (χ2n) is 6.32. The van der Waals surface area contributed by atoms with E-state index in [-0.39, 0.29) is 58.7 Å². The predicted octanol–water partition coefficient (Wildman–Crippen LogP) is 2.98. The van der Waals surface area contributed by atoms with E-state index in [2.05, 4.69) is 19.7 Å². The number of hydrogen-bond acceptors (Lipinski definition) is 10. The molecule has 0 aliphatic rings. The molecule has 0 aromatic carbocycles. The Morgan fingerprint density at radius 2 is 1.91 bits per heavy atom. The molecular weight excluding hydrogens is 437 g/mol. The van der Waals surface area contributed by atoms with Crippen molar-refractivity contribution in [2.24, 2.45) is 0 Å². The number of carbonyl (C=O) groups excluding carboxylic acids is 2. The number of nitrogens with zero attached hydrogens (tertiary/aromatic N) is 3. The zero-order valence-corrected chi connectivity index (χ0v) is 16.9. The van der Waals surface area contributed by atoms with Crippen LogP contribution in [0.2, 0.25) is 0 Å². The topological polar surface area (TPSA) is 140 Å². The van der Waals surface area contributed by atoms with Crippen molar-refractivity contribution in [2.45, 2.75) is 26.6 Å². The normalized spacial score (nSPS) is 11.4. The molecule has 0 aliphatic heterocycles. The van der Waals surface area contributed by atoms with Crippen LogP contribution in [-0.2, 0) is 16.1 Å². The lowest BCUT2D eigenvalue weighted by molar-refractivity contribution is -0.154. The molecule has 3 aromatic rings. The van der Waals surface area contributed by atoms with Gasteiger partial charge in [-0.05, 0) is 19.9 Å². The molecule has 0 spiro atoms. The fourth-order valence-corrected chi connectivity index (χ4v) is 2.65. The summed E-state index contributed by atoms with van der Waals surface area (Å²) in [6.45, 7) is 1.46. The van der Waals surface area contributed by atoms with Gasteiger partial charge in [0.2, 0.25) is 11.6 Å². The van der Waals surface area contributed by atoms with E-state index in [4.69, 9.17) is 19.6 Å². The van der Waals surface area contributed by atoms with Gasteiger partial charge in [0.05, 0.1) is 17.6 Å². The van der Waals surface area contributed by atoms with Crippen molar-refractivity contribution in [2.75, 3.05) is 18.9 Å². The molecule has 2 N–H and O–H groups in total. The number of hydrogen-bond donors (Lipinski definition) is 1. The van der Waals surface area contributed by atoms with Gasteiger partial charge in [-0.2, -0.15) is 18.2 Å². The van der Waals surface area contributed by atoms with Crippen molar-refractivity contribution in [3.63, 3.8) is 0 Å². The van der Waals surface area contributed by atoms with E-state index >= 15 is 0 Å². The molecule has 0 unspecified atom stereocenters. The summed E-state index contributed by atoms with van der Waals surface area (Å²) in [5, 5.41) is 0.190. The quantitative estimate of drug-likeness (QED) is 0.530. The third-order valence-corrected chi connectivity index (χ3v) is 3.97. The van der Waals surface area contributed by atoms with Crippen LogP contribution in [0.4, 0.5) is 19.0 Å². The SMILES string of the molecule is CCOC(=O)c1c(C)oc2nc(COC(=O)c3ccc(OCC(F)(F)F)nc3)nc(N)c12. The Balaban J connectivity index is 1.69. The van der Waals surface area contributed by atoms with Crippen LogP contribution in [0.1, 0.15) is 39.2 Å². The maximum Gasteiger partial charge on any atom is 0.422 e. The van der Waals surface area contributed by atoms with Gasteiger partial charge in [0.15, 0.2) is 19.0 Å².